The molecular weight excluding hydrogens is 948 g/mol. The van der Waals surface area contributed by atoms with Crippen LogP contribution in [0.1, 0.15) is 95.7 Å². The molecule has 9 aromatic rings. The Morgan fingerprint density at radius 2 is 0.831 bits per heavy atom. The summed E-state index contributed by atoms with van der Waals surface area (Å²) in [6, 6.07) is 43.5. The van der Waals surface area contributed by atoms with Gasteiger partial charge < -0.3 is 44.9 Å². The molecule has 0 spiro atoms. The van der Waals surface area contributed by atoms with Gasteiger partial charge in [-0.15, -0.1) is 0 Å². The first-order chi connectivity index (χ1) is 33.7. The molecule has 6 N–H and O–H groups in total. The van der Waals surface area contributed by atoms with Crippen LogP contribution in [0.3, 0.4) is 0 Å². The summed E-state index contributed by atoms with van der Waals surface area (Å²) >= 11 is 18.5. The Bertz CT molecular complexity index is 2830. The van der Waals surface area contributed by atoms with Gasteiger partial charge in [0.1, 0.15) is 17.2 Å². The fraction of sp³-hybridized carbons (Fsp3) is 0.276. The van der Waals surface area contributed by atoms with E-state index in [0.717, 1.165) is 75.7 Å². The van der Waals surface area contributed by atoms with Gasteiger partial charge in [0.2, 0.25) is 0 Å². The van der Waals surface area contributed by atoms with Crippen molar-refractivity contribution in [1.29, 1.82) is 0 Å². The van der Waals surface area contributed by atoms with E-state index in [0.29, 0.717) is 5.92 Å². The second kappa shape index (κ2) is 24.0. The normalized spacial score (nSPS) is 16.5. The number of halogens is 3. The minimum atomic E-state index is 0. The average molecular weight is 1010 g/mol. The van der Waals surface area contributed by atoms with E-state index in [2.05, 4.69) is 98.4 Å². The van der Waals surface area contributed by atoms with Crippen molar-refractivity contribution in [1.82, 2.24) is 25.6 Å². The van der Waals surface area contributed by atoms with Gasteiger partial charge >= 0.3 is 0 Å². The van der Waals surface area contributed by atoms with E-state index in [-0.39, 0.29) is 34.5 Å². The van der Waals surface area contributed by atoms with Crippen LogP contribution in [0, 0.1) is 0 Å². The Hall–Kier alpha value is -5.85. The van der Waals surface area contributed by atoms with Crippen molar-refractivity contribution in [3.05, 3.63) is 193 Å². The van der Waals surface area contributed by atoms with Crippen molar-refractivity contribution in [3.8, 4) is 17.2 Å². The second-order valence-corrected chi connectivity index (χ2v) is 18.8. The maximum atomic E-state index is 7.57. The molecule has 13 heteroatoms. The van der Waals surface area contributed by atoms with E-state index >= 15 is 0 Å². The molecule has 367 valence electrons. The zero-order valence-electron chi connectivity index (χ0n) is 39.9. The lowest BCUT2D eigenvalue weighted by molar-refractivity contribution is 0.318. The third-order valence-electron chi connectivity index (χ3n) is 13.4. The van der Waals surface area contributed by atoms with E-state index in [4.69, 9.17) is 54.1 Å². The molecule has 1 aliphatic carbocycles. The Morgan fingerprint density at radius 3 is 1.20 bits per heavy atom. The molecule has 2 aliphatic heterocycles. The summed E-state index contributed by atoms with van der Waals surface area (Å²) in [4.78, 5) is 10.8. The van der Waals surface area contributed by atoms with Gasteiger partial charge in [-0.3, -0.25) is 0 Å². The van der Waals surface area contributed by atoms with Crippen LogP contribution in [0.4, 0.5) is 0 Å². The fourth-order valence-corrected chi connectivity index (χ4v) is 10.7. The standard InChI is InChI=1S/C19H18ClNO.2C18H17ClN2O.C2H6O.CH4.B/c1-22-14-8-5-12(6-9-14)15-3-2-4-16-17-11-13(20)7-10-18(17)21-19(15)16;2*1-22-13-5-2-11(3-6-13)17-18-14(8-9-20-17)15-10-12(19)4-7-16(15)21-18;1-2-3;;/h5-11,15,21H,2-4H2,1H3;2*2-7,10,17,20-21H,8-9H2,1H3;3H,2H2,1H3;1H4;/t15-;17-;;;;/m00..../s1. The molecule has 0 fully saturated rings. The van der Waals surface area contributed by atoms with Crippen LogP contribution in [0.5, 0.6) is 17.2 Å². The topological polar surface area (TPSA) is 119 Å². The van der Waals surface area contributed by atoms with Crippen molar-refractivity contribution in [2.45, 2.75) is 64.5 Å². The molecule has 3 radical (unpaired) electrons. The molecule has 0 saturated carbocycles. The van der Waals surface area contributed by atoms with E-state index < -0.39 is 0 Å². The molecule has 0 bridgehead atoms. The summed E-state index contributed by atoms with van der Waals surface area (Å²) in [5, 5.41) is 20.9. The molecule has 0 saturated heterocycles. The van der Waals surface area contributed by atoms with Crippen LogP contribution in [0.2, 0.25) is 15.1 Å². The first-order valence-electron chi connectivity index (χ1n) is 23.6. The quantitative estimate of drug-likeness (QED) is 0.0924. The predicted octanol–water partition coefficient (Wildman–Crippen LogP) is 13.7. The molecule has 9 nitrogen and oxygen atoms in total. The number of fused-ring (bicyclic) bond motifs is 9. The van der Waals surface area contributed by atoms with Crippen LogP contribution in [0.15, 0.2) is 127 Å². The highest BCUT2D eigenvalue weighted by Gasteiger charge is 2.28. The molecule has 0 amide bonds. The number of aliphatic hydroxyl groups is 1. The fourth-order valence-electron chi connectivity index (χ4n) is 10.2. The average Bonchev–Trinajstić information content (AvgIpc) is 4.08. The number of hydrogen-bond donors (Lipinski definition) is 6. The van der Waals surface area contributed by atoms with Gasteiger partial charge in [-0.2, -0.15) is 0 Å². The molecule has 1 unspecified atom stereocenters. The van der Waals surface area contributed by atoms with Gasteiger partial charge in [0.05, 0.1) is 33.4 Å². The number of aromatic amines is 3. The molecule has 3 aliphatic rings. The molecule has 3 aromatic heterocycles. The van der Waals surface area contributed by atoms with Gasteiger partial charge in [0.15, 0.2) is 0 Å². The van der Waals surface area contributed by atoms with E-state index in [9.17, 15) is 0 Å². The number of H-pyrrole nitrogens is 3. The third kappa shape index (κ3) is 11.4. The maximum Gasteiger partial charge on any atom is 0.118 e. The largest absolute Gasteiger partial charge is 0.497 e. The zero-order chi connectivity index (χ0) is 48.0. The number of ether oxygens (including phenoxy) is 3. The number of benzene rings is 6. The summed E-state index contributed by atoms with van der Waals surface area (Å²) in [6.45, 7) is 3.85. The van der Waals surface area contributed by atoms with E-state index in [1.165, 1.54) is 85.0 Å². The maximum absolute atomic E-state index is 7.57. The SMILES string of the molecule is C.CCO.COc1ccc(C2NCCc3c2[nH]c2ccc(Cl)cc32)cc1.COc1ccc([C@@H]2CCCc3c2[nH]c2ccc(Cl)cc32)cc1.COc1ccc([C@@H]2NCCc3c2[nH]c2ccc(Cl)cc32)cc1.[B]. The van der Waals surface area contributed by atoms with Crippen LogP contribution in [-0.2, 0) is 19.3 Å². The second-order valence-electron chi connectivity index (χ2n) is 17.5. The lowest BCUT2D eigenvalue weighted by Crippen LogP contribution is -2.30. The molecule has 5 heterocycles. The molecule has 6 aromatic carbocycles. The molecular formula is C58H62BCl3N5O4. The van der Waals surface area contributed by atoms with Crippen LogP contribution in [-0.4, -0.2) is 69.5 Å². The number of aryl methyl sites for hydroxylation is 1. The number of hydrogen-bond acceptors (Lipinski definition) is 6. The van der Waals surface area contributed by atoms with Crippen LogP contribution < -0.4 is 24.8 Å². The van der Waals surface area contributed by atoms with Crippen molar-refractivity contribution in [2.75, 3.05) is 41.0 Å². The predicted molar refractivity (Wildman–Crippen MR) is 296 cm³/mol. The van der Waals surface area contributed by atoms with Crippen molar-refractivity contribution < 1.29 is 19.3 Å². The number of aromatic nitrogens is 3. The summed E-state index contributed by atoms with van der Waals surface area (Å²) in [5.74, 6) is 3.09. The van der Waals surface area contributed by atoms with Gasteiger partial charge in [-0.1, -0.05) is 78.6 Å². The Labute approximate surface area is 434 Å². The summed E-state index contributed by atoms with van der Waals surface area (Å²) in [7, 11) is 5.08. The summed E-state index contributed by atoms with van der Waals surface area (Å²) in [6.07, 6.45) is 5.55. The van der Waals surface area contributed by atoms with Crippen LogP contribution >= 0.6 is 34.8 Å². The molecule has 12 rings (SSSR count). The highest BCUT2D eigenvalue weighted by Crippen LogP contribution is 2.41. The third-order valence-corrected chi connectivity index (χ3v) is 14.1. The molecule has 71 heavy (non-hydrogen) atoms. The van der Waals surface area contributed by atoms with Crippen molar-refractivity contribution >= 4 is 75.9 Å². The van der Waals surface area contributed by atoms with Crippen molar-refractivity contribution in [3.63, 3.8) is 0 Å². The van der Waals surface area contributed by atoms with Crippen molar-refractivity contribution in [2.24, 2.45) is 0 Å². The summed E-state index contributed by atoms with van der Waals surface area (Å²) in [5.41, 5.74) is 15.3. The minimum Gasteiger partial charge on any atom is -0.497 e. The summed E-state index contributed by atoms with van der Waals surface area (Å²) < 4.78 is 15.8. The van der Waals surface area contributed by atoms with E-state index in [1.807, 2.05) is 54.6 Å². The zero-order valence-corrected chi connectivity index (χ0v) is 42.2. The number of nitrogens with one attached hydrogen (secondary N) is 5. The van der Waals surface area contributed by atoms with Gasteiger partial charge in [-0.25, -0.2) is 0 Å². The minimum absolute atomic E-state index is 0. The Kier molecular flexibility index (Phi) is 17.9. The number of methoxy groups -OCH3 is 3. The van der Waals surface area contributed by atoms with Gasteiger partial charge in [-0.05, 0) is 163 Å². The first-order valence-corrected chi connectivity index (χ1v) is 24.7. The Balaban J connectivity index is 0.000000150. The lowest BCUT2D eigenvalue weighted by atomic mass is 9.82. The van der Waals surface area contributed by atoms with Gasteiger partial charge in [0.25, 0.3) is 0 Å². The van der Waals surface area contributed by atoms with Crippen LogP contribution in [0.25, 0.3) is 32.7 Å². The van der Waals surface area contributed by atoms with E-state index in [1.54, 1.807) is 28.3 Å². The monoisotopic (exact) mass is 1010 g/mol. The number of aliphatic hydroxyl groups excluding tert-OH is 1. The van der Waals surface area contributed by atoms with Gasteiger partial charge in [0, 0.05) is 98.9 Å². The first kappa shape index (κ1) is 53.0. The highest BCUT2D eigenvalue weighted by atomic mass is 35.5. The molecule has 3 atom stereocenters. The smallest absolute Gasteiger partial charge is 0.118 e. The number of rotatable bonds is 6. The Morgan fingerprint density at radius 1 is 0.493 bits per heavy atom. The highest BCUT2D eigenvalue weighted by molar-refractivity contribution is 6.32. The lowest BCUT2D eigenvalue weighted by Gasteiger charge is -2.25.